The van der Waals surface area contributed by atoms with E-state index in [1.807, 2.05) is 0 Å². The lowest BCUT2D eigenvalue weighted by Crippen LogP contribution is -2.47. The summed E-state index contributed by atoms with van der Waals surface area (Å²) in [5.41, 5.74) is 4.04. The molecule has 0 aliphatic heterocycles. The van der Waals surface area contributed by atoms with Gasteiger partial charge in [0.2, 0.25) is 5.91 Å². The van der Waals surface area contributed by atoms with E-state index in [-0.39, 0.29) is 18.9 Å². The van der Waals surface area contributed by atoms with Gasteiger partial charge in [-0.15, -0.1) is 0 Å². The van der Waals surface area contributed by atoms with Crippen molar-refractivity contribution in [2.24, 2.45) is 0 Å². The lowest BCUT2D eigenvalue weighted by atomic mass is 9.94. The summed E-state index contributed by atoms with van der Waals surface area (Å²) in [7, 11) is -3.67. The average molecular weight is 673 g/mol. The van der Waals surface area contributed by atoms with Crippen LogP contribution in [0.1, 0.15) is 44.2 Å². The molecule has 43 heavy (non-hydrogen) atoms. The highest BCUT2D eigenvalue weighted by Gasteiger charge is 2.23. The Bertz CT molecular complexity index is 1540. The second-order valence-electron chi connectivity index (χ2n) is 10.5. The van der Waals surface area contributed by atoms with Gasteiger partial charge in [0.05, 0.1) is 24.5 Å². The van der Waals surface area contributed by atoms with Gasteiger partial charge in [-0.3, -0.25) is 13.8 Å². The number of benzene rings is 3. The van der Waals surface area contributed by atoms with Crippen LogP contribution in [0.2, 0.25) is 0 Å². The summed E-state index contributed by atoms with van der Waals surface area (Å²) in [4.78, 5) is 38.7. The first-order valence-corrected chi connectivity index (χ1v) is 15.9. The highest BCUT2D eigenvalue weighted by molar-refractivity contribution is 9.10. The smallest absolute Gasteiger partial charge is 0.427 e. The third-order valence-corrected chi connectivity index (χ3v) is 6.85. The Morgan fingerprint density at radius 2 is 1.58 bits per heavy atom. The number of amides is 3. The molecule has 0 heterocycles. The maximum absolute atomic E-state index is 13.2. The molecule has 0 fully saturated rings. The number of hydrogen-bond donors (Lipinski definition) is 2. The molecule has 3 aromatic carbocycles. The van der Waals surface area contributed by atoms with Crippen molar-refractivity contribution in [3.8, 4) is 0 Å². The van der Waals surface area contributed by atoms with Crippen LogP contribution in [0.15, 0.2) is 89.4 Å². The summed E-state index contributed by atoms with van der Waals surface area (Å²) >= 11 is 3.36. The third-order valence-electron chi connectivity index (χ3n) is 5.73. The van der Waals surface area contributed by atoms with Gasteiger partial charge in [-0.2, -0.15) is 8.42 Å². The molecule has 0 aromatic heterocycles. The van der Waals surface area contributed by atoms with Gasteiger partial charge in [0, 0.05) is 16.2 Å². The zero-order valence-corrected chi connectivity index (χ0v) is 26.6. The number of hydrogen-bond acceptors (Lipinski definition) is 7. The van der Waals surface area contributed by atoms with Crippen molar-refractivity contribution in [2.75, 3.05) is 23.2 Å². The molecule has 3 amide bonds. The molecule has 1 unspecified atom stereocenters. The number of anilines is 2. The molecular formula is C31H34BrN3O7S. The molecule has 2 N–H and O–H groups in total. The van der Waals surface area contributed by atoms with Crippen molar-refractivity contribution in [1.29, 1.82) is 0 Å². The van der Waals surface area contributed by atoms with Crippen molar-refractivity contribution in [3.63, 3.8) is 0 Å². The van der Waals surface area contributed by atoms with Crippen LogP contribution in [0, 0.1) is 0 Å². The van der Waals surface area contributed by atoms with Gasteiger partial charge in [-0.05, 0) is 80.8 Å². The largest absolute Gasteiger partial charge is 0.443 e. The minimum atomic E-state index is -3.67. The number of nitrogens with zero attached hydrogens (tertiary/aromatic N) is 1. The number of carbonyl (C=O) groups excluding carboxylic acids is 3. The number of halogens is 1. The summed E-state index contributed by atoms with van der Waals surface area (Å²) in [6.45, 7) is 4.99. The molecule has 3 aromatic rings. The Hall–Kier alpha value is -4.00. The molecule has 0 bridgehead atoms. The molecule has 0 aliphatic rings. The number of carbonyl (C=O) groups is 3. The topological polar surface area (TPSA) is 131 Å². The molecular weight excluding hydrogens is 638 g/mol. The first-order chi connectivity index (χ1) is 20.2. The van der Waals surface area contributed by atoms with E-state index in [1.165, 1.54) is 6.08 Å². The average Bonchev–Trinajstić information content (AvgIpc) is 2.93. The van der Waals surface area contributed by atoms with Gasteiger partial charge < -0.3 is 10.1 Å². The maximum atomic E-state index is 13.2. The zero-order chi connectivity index (χ0) is 31.6. The van der Waals surface area contributed by atoms with Crippen LogP contribution in [-0.4, -0.2) is 44.8 Å². The normalized spacial score (nSPS) is 12.4. The van der Waals surface area contributed by atoms with Crippen LogP contribution in [-0.2, 0) is 28.6 Å². The van der Waals surface area contributed by atoms with E-state index >= 15 is 0 Å². The van der Waals surface area contributed by atoms with E-state index in [0.717, 1.165) is 15.7 Å². The minimum absolute atomic E-state index is 0.117. The van der Waals surface area contributed by atoms with Crippen LogP contribution in [0.5, 0.6) is 0 Å². The van der Waals surface area contributed by atoms with Crippen molar-refractivity contribution in [1.82, 2.24) is 5.43 Å². The van der Waals surface area contributed by atoms with Crippen molar-refractivity contribution in [3.05, 3.63) is 101 Å². The van der Waals surface area contributed by atoms with Crippen LogP contribution in [0.3, 0.4) is 0 Å². The van der Waals surface area contributed by atoms with E-state index in [9.17, 15) is 22.8 Å². The zero-order valence-electron chi connectivity index (χ0n) is 24.2. The van der Waals surface area contributed by atoms with Crippen LogP contribution >= 0.6 is 15.9 Å². The Morgan fingerprint density at radius 3 is 2.16 bits per heavy atom. The van der Waals surface area contributed by atoms with Crippen molar-refractivity contribution in [2.45, 2.75) is 38.7 Å². The fourth-order valence-corrected chi connectivity index (χ4v) is 4.49. The molecule has 12 heteroatoms. The second-order valence-corrected chi connectivity index (χ2v) is 13.0. The molecule has 10 nitrogen and oxygen atoms in total. The molecule has 0 aliphatic carbocycles. The molecule has 0 spiro atoms. The van der Waals surface area contributed by atoms with E-state index in [4.69, 9.17) is 8.92 Å². The molecule has 3 rings (SSSR count). The van der Waals surface area contributed by atoms with Crippen molar-refractivity contribution >= 4 is 61.4 Å². The predicted octanol–water partition coefficient (Wildman–Crippen LogP) is 6.02. The lowest BCUT2D eigenvalue weighted by molar-refractivity contribution is -0.118. The fraction of sp³-hybridized carbons (Fsp3) is 0.258. The summed E-state index contributed by atoms with van der Waals surface area (Å²) in [6, 6.07) is 22.6. The van der Waals surface area contributed by atoms with E-state index in [2.05, 4.69) is 26.7 Å². The Labute approximate surface area is 260 Å². The molecule has 0 saturated carbocycles. The van der Waals surface area contributed by atoms with Crippen LogP contribution < -0.4 is 15.8 Å². The van der Waals surface area contributed by atoms with E-state index in [0.29, 0.717) is 22.5 Å². The second kappa shape index (κ2) is 14.9. The van der Waals surface area contributed by atoms with Gasteiger partial charge in [0.25, 0.3) is 16.0 Å². The monoisotopic (exact) mass is 671 g/mol. The number of para-hydroxylation sites is 1. The standard InChI is InChI=1S/C31H34BrN3O7S/c1-31(2,3)42-30(38)34-35(26-8-6-5-7-9-26)28(36)19-12-22-10-13-23(14-11-22)27(20-21-41-43(4,39)40)29(37)33-25-17-15-24(32)16-18-25/h5-19,27H,20-21H2,1-4H3,(H,33,37)(H,34,38). The van der Waals surface area contributed by atoms with E-state index in [1.54, 1.807) is 106 Å². The summed E-state index contributed by atoms with van der Waals surface area (Å²) < 4.78 is 34.0. The molecule has 0 radical (unpaired) electrons. The summed E-state index contributed by atoms with van der Waals surface area (Å²) in [5.74, 6) is -1.56. The Balaban J connectivity index is 1.77. The Kier molecular flexibility index (Phi) is 11.6. The molecule has 228 valence electrons. The van der Waals surface area contributed by atoms with Crippen molar-refractivity contribution < 1.29 is 31.7 Å². The first kappa shape index (κ1) is 33.5. The summed E-state index contributed by atoms with van der Waals surface area (Å²) in [6.07, 6.45) is 3.16. The number of ether oxygens (including phenoxy) is 1. The maximum Gasteiger partial charge on any atom is 0.427 e. The molecule has 1 atom stereocenters. The summed E-state index contributed by atoms with van der Waals surface area (Å²) in [5, 5.41) is 3.94. The minimum Gasteiger partial charge on any atom is -0.443 e. The van der Waals surface area contributed by atoms with Gasteiger partial charge in [-0.1, -0.05) is 58.4 Å². The quantitative estimate of drug-likeness (QED) is 0.153. The Morgan fingerprint density at radius 1 is 0.953 bits per heavy atom. The third kappa shape index (κ3) is 11.7. The van der Waals surface area contributed by atoms with Gasteiger partial charge >= 0.3 is 6.09 Å². The number of rotatable bonds is 10. The first-order valence-electron chi connectivity index (χ1n) is 13.3. The number of nitrogens with one attached hydrogen (secondary N) is 2. The van der Waals surface area contributed by atoms with Gasteiger partial charge in [-0.25, -0.2) is 15.2 Å². The SMILES string of the molecule is CC(C)(C)OC(=O)NN(C(=O)C=Cc1ccc(C(CCOS(C)(=O)=O)C(=O)Nc2ccc(Br)cc2)cc1)c1ccccc1. The lowest BCUT2D eigenvalue weighted by Gasteiger charge is -2.25. The highest BCUT2D eigenvalue weighted by Crippen LogP contribution is 2.24. The van der Waals surface area contributed by atoms with Crippen LogP contribution in [0.4, 0.5) is 16.2 Å². The molecule has 0 saturated heterocycles. The van der Waals surface area contributed by atoms with Crippen LogP contribution in [0.25, 0.3) is 6.08 Å². The fourth-order valence-electron chi connectivity index (χ4n) is 3.83. The predicted molar refractivity (Wildman–Crippen MR) is 170 cm³/mol. The van der Waals surface area contributed by atoms with Gasteiger partial charge in [0.1, 0.15) is 5.60 Å². The van der Waals surface area contributed by atoms with E-state index < -0.39 is 33.6 Å². The highest BCUT2D eigenvalue weighted by atomic mass is 79.9. The number of hydrazine groups is 1. The van der Waals surface area contributed by atoms with Gasteiger partial charge in [0.15, 0.2) is 0 Å².